The molecule has 2 saturated carbocycles. The zero-order valence-corrected chi connectivity index (χ0v) is 17.6. The van der Waals surface area contributed by atoms with Gasteiger partial charge in [-0.2, -0.15) is 0 Å². The summed E-state index contributed by atoms with van der Waals surface area (Å²) in [6, 6.07) is 13.8. The van der Waals surface area contributed by atoms with E-state index in [1.54, 1.807) is 55.6 Å². The summed E-state index contributed by atoms with van der Waals surface area (Å²) >= 11 is 0. The number of para-hydroxylation sites is 2. The van der Waals surface area contributed by atoms with Gasteiger partial charge in [0.2, 0.25) is 11.8 Å². The van der Waals surface area contributed by atoms with Gasteiger partial charge in [-0.05, 0) is 66.5 Å². The third-order valence-corrected chi connectivity index (χ3v) is 7.54. The standard InChI is InChI=1S/C26H23NO5/c1-31-15-8-6-14(7-9-15)21(28)13-32-22-5-3-2-4-20(22)27-25(29)23-16-10-11-17(19-12-18(16)19)24(23)26(27)30/h2-11,16-19,23-24H,12-13H2,1H3/t16-,17-,18-,19-,23-,24+/m1/s1. The van der Waals surface area contributed by atoms with Gasteiger partial charge in [0.1, 0.15) is 11.5 Å². The van der Waals surface area contributed by atoms with Crippen molar-refractivity contribution in [2.75, 3.05) is 18.6 Å². The maximum absolute atomic E-state index is 13.4. The first kappa shape index (κ1) is 19.3. The highest BCUT2D eigenvalue weighted by molar-refractivity contribution is 6.23. The Morgan fingerprint density at radius 2 is 1.56 bits per heavy atom. The Hall–Kier alpha value is -3.41. The molecule has 5 aliphatic rings. The van der Waals surface area contributed by atoms with Gasteiger partial charge in [-0.25, -0.2) is 4.90 Å². The zero-order valence-electron chi connectivity index (χ0n) is 17.6. The number of ether oxygens (including phenoxy) is 2. The van der Waals surface area contributed by atoms with Crippen LogP contribution in [0.25, 0.3) is 0 Å². The number of allylic oxidation sites excluding steroid dienone is 2. The van der Waals surface area contributed by atoms with Crippen molar-refractivity contribution in [3.8, 4) is 11.5 Å². The smallest absolute Gasteiger partial charge is 0.238 e. The van der Waals surface area contributed by atoms with Crippen LogP contribution in [0, 0.1) is 35.5 Å². The number of nitrogens with zero attached hydrogens (tertiary/aromatic N) is 1. The predicted molar refractivity (Wildman–Crippen MR) is 116 cm³/mol. The molecule has 6 heteroatoms. The zero-order chi connectivity index (χ0) is 22.0. The van der Waals surface area contributed by atoms with E-state index < -0.39 is 0 Å². The second-order valence-electron chi connectivity index (χ2n) is 9.07. The van der Waals surface area contributed by atoms with Crippen molar-refractivity contribution in [1.29, 1.82) is 0 Å². The molecule has 32 heavy (non-hydrogen) atoms. The molecular weight excluding hydrogens is 406 g/mol. The summed E-state index contributed by atoms with van der Waals surface area (Å²) in [5.74, 6) is 1.46. The molecule has 1 aliphatic heterocycles. The Kier molecular flexibility index (Phi) is 4.25. The molecule has 7 rings (SSSR count). The Bertz CT molecular complexity index is 1120. The number of benzene rings is 2. The molecule has 1 saturated heterocycles. The van der Waals surface area contributed by atoms with Crippen molar-refractivity contribution < 1.29 is 23.9 Å². The van der Waals surface area contributed by atoms with Crippen molar-refractivity contribution in [2.45, 2.75) is 6.42 Å². The van der Waals surface area contributed by atoms with Gasteiger partial charge in [0.25, 0.3) is 0 Å². The number of amides is 2. The van der Waals surface area contributed by atoms with E-state index in [1.807, 2.05) is 0 Å². The van der Waals surface area contributed by atoms with E-state index in [4.69, 9.17) is 9.47 Å². The molecule has 4 aliphatic carbocycles. The largest absolute Gasteiger partial charge is 0.497 e. The van der Waals surface area contributed by atoms with Crippen molar-refractivity contribution in [2.24, 2.45) is 35.5 Å². The van der Waals surface area contributed by atoms with Crippen LogP contribution in [0.2, 0.25) is 0 Å². The Labute approximate surface area is 185 Å². The molecule has 0 spiro atoms. The lowest BCUT2D eigenvalue weighted by Crippen LogP contribution is -2.40. The SMILES string of the molecule is COc1ccc(C(=O)COc2ccccc2N2C(=O)[C@@H]3[C@@H]4C=C[C@H]([C@H]5C[C@H]45)[C@@H]3C2=O)cc1. The highest BCUT2D eigenvalue weighted by Gasteiger charge is 2.67. The molecule has 0 unspecified atom stereocenters. The van der Waals surface area contributed by atoms with Gasteiger partial charge in [0, 0.05) is 5.56 Å². The molecule has 2 amide bonds. The van der Waals surface area contributed by atoms with Crippen molar-refractivity contribution in [1.82, 2.24) is 0 Å². The highest BCUT2D eigenvalue weighted by Crippen LogP contribution is 2.65. The number of carbonyl (C=O) groups is 3. The van der Waals surface area contributed by atoms with Crippen LogP contribution in [0.4, 0.5) is 5.69 Å². The topological polar surface area (TPSA) is 72.9 Å². The van der Waals surface area contributed by atoms with E-state index in [0.29, 0.717) is 34.6 Å². The fraction of sp³-hybridized carbons (Fsp3) is 0.346. The lowest BCUT2D eigenvalue weighted by Gasteiger charge is -2.37. The molecule has 162 valence electrons. The van der Waals surface area contributed by atoms with Gasteiger partial charge >= 0.3 is 0 Å². The highest BCUT2D eigenvalue weighted by atomic mass is 16.5. The number of imide groups is 1. The molecule has 2 aromatic rings. The Morgan fingerprint density at radius 3 is 2.19 bits per heavy atom. The van der Waals surface area contributed by atoms with Crippen LogP contribution < -0.4 is 14.4 Å². The minimum absolute atomic E-state index is 0.137. The van der Waals surface area contributed by atoms with E-state index in [9.17, 15) is 14.4 Å². The second kappa shape index (κ2) is 7.05. The Balaban J connectivity index is 1.24. The molecule has 2 bridgehead atoms. The molecule has 0 N–H and O–H groups in total. The third kappa shape index (κ3) is 2.75. The molecule has 3 fully saturated rings. The minimum Gasteiger partial charge on any atom is -0.497 e. The number of hydrogen-bond acceptors (Lipinski definition) is 5. The van der Waals surface area contributed by atoms with Crippen LogP contribution in [0.15, 0.2) is 60.7 Å². The summed E-state index contributed by atoms with van der Waals surface area (Å²) in [6.07, 6.45) is 5.44. The van der Waals surface area contributed by atoms with E-state index in [2.05, 4.69) is 12.2 Å². The summed E-state index contributed by atoms with van der Waals surface area (Å²) in [4.78, 5) is 40.7. The normalized spacial score (nSPS) is 31.3. The van der Waals surface area contributed by atoms with Crippen LogP contribution in [0.3, 0.4) is 0 Å². The number of rotatable bonds is 6. The fourth-order valence-corrected chi connectivity index (χ4v) is 5.96. The van der Waals surface area contributed by atoms with Crippen molar-refractivity contribution in [3.63, 3.8) is 0 Å². The molecular formula is C26H23NO5. The first-order valence-corrected chi connectivity index (χ1v) is 11.0. The lowest BCUT2D eigenvalue weighted by atomic mass is 9.63. The van der Waals surface area contributed by atoms with Gasteiger partial charge in [0.15, 0.2) is 12.4 Å². The van der Waals surface area contributed by atoms with E-state index in [-0.39, 0.29) is 47.9 Å². The second-order valence-corrected chi connectivity index (χ2v) is 9.07. The van der Waals surface area contributed by atoms with Gasteiger partial charge < -0.3 is 9.47 Å². The van der Waals surface area contributed by atoms with E-state index in [0.717, 1.165) is 6.42 Å². The quantitative estimate of drug-likeness (QED) is 0.399. The van der Waals surface area contributed by atoms with Gasteiger partial charge in [-0.1, -0.05) is 24.3 Å². The van der Waals surface area contributed by atoms with Crippen molar-refractivity contribution >= 4 is 23.3 Å². The van der Waals surface area contributed by atoms with E-state index >= 15 is 0 Å². The number of Topliss-reactive ketones (excluding diaryl/α,β-unsaturated/α-hetero) is 1. The minimum atomic E-state index is -0.268. The molecule has 0 radical (unpaired) electrons. The Morgan fingerprint density at radius 1 is 0.938 bits per heavy atom. The van der Waals surface area contributed by atoms with Crippen LogP contribution in [-0.2, 0) is 9.59 Å². The molecule has 2 aromatic carbocycles. The number of methoxy groups -OCH3 is 1. The van der Waals surface area contributed by atoms with Crippen LogP contribution in [0.1, 0.15) is 16.8 Å². The fourth-order valence-electron chi connectivity index (χ4n) is 5.96. The maximum atomic E-state index is 13.4. The summed E-state index contributed by atoms with van der Waals surface area (Å²) in [5, 5.41) is 0. The maximum Gasteiger partial charge on any atom is 0.238 e. The average Bonchev–Trinajstić information content (AvgIpc) is 3.61. The summed E-state index contributed by atoms with van der Waals surface area (Å²) in [7, 11) is 1.57. The van der Waals surface area contributed by atoms with Crippen LogP contribution in [0.5, 0.6) is 11.5 Å². The monoisotopic (exact) mass is 429 g/mol. The third-order valence-electron chi connectivity index (χ3n) is 7.54. The molecule has 1 heterocycles. The summed E-state index contributed by atoms with van der Waals surface area (Å²) < 4.78 is 11.0. The average molecular weight is 429 g/mol. The number of anilines is 1. The number of hydrogen-bond donors (Lipinski definition) is 0. The first-order valence-electron chi connectivity index (χ1n) is 11.0. The molecule has 6 nitrogen and oxygen atoms in total. The predicted octanol–water partition coefficient (Wildman–Crippen LogP) is 3.51. The summed E-state index contributed by atoms with van der Waals surface area (Å²) in [5.41, 5.74) is 0.928. The van der Waals surface area contributed by atoms with Crippen LogP contribution in [-0.4, -0.2) is 31.3 Å². The van der Waals surface area contributed by atoms with Gasteiger partial charge in [-0.3, -0.25) is 14.4 Å². The van der Waals surface area contributed by atoms with Crippen molar-refractivity contribution in [3.05, 3.63) is 66.2 Å². The summed E-state index contributed by atoms with van der Waals surface area (Å²) in [6.45, 7) is -0.191. The van der Waals surface area contributed by atoms with Gasteiger partial charge in [-0.15, -0.1) is 0 Å². The number of ketones is 1. The molecule has 0 aromatic heterocycles. The first-order chi connectivity index (χ1) is 15.6. The van der Waals surface area contributed by atoms with Crippen LogP contribution >= 0.6 is 0 Å². The van der Waals surface area contributed by atoms with Gasteiger partial charge in [0.05, 0.1) is 24.6 Å². The van der Waals surface area contributed by atoms with E-state index in [1.165, 1.54) is 4.90 Å². The number of carbonyl (C=O) groups excluding carboxylic acids is 3. The molecule has 6 atom stereocenters. The lowest BCUT2D eigenvalue weighted by molar-refractivity contribution is -0.124.